The van der Waals surface area contributed by atoms with Crippen molar-refractivity contribution in [1.29, 1.82) is 0 Å². The smallest absolute Gasteiger partial charge is 0.410 e. The predicted octanol–water partition coefficient (Wildman–Crippen LogP) is 3.78. The summed E-state index contributed by atoms with van der Waals surface area (Å²) in [7, 11) is 0. The third kappa shape index (κ3) is 5.93. The number of esters is 1. The first-order valence-electron chi connectivity index (χ1n) is 7.77. The highest BCUT2D eigenvalue weighted by molar-refractivity contribution is 14.1. The van der Waals surface area contributed by atoms with Gasteiger partial charge in [0, 0.05) is 19.0 Å². The molecule has 1 fully saturated rings. The van der Waals surface area contributed by atoms with Crippen LogP contribution in [0.15, 0.2) is 0 Å². The molecule has 6 heteroatoms. The fraction of sp³-hybridized carbons (Fsp3) is 0.875. The largest absolute Gasteiger partial charge is 0.459 e. The first kappa shape index (κ1) is 19.5. The Kier molecular flexibility index (Phi) is 6.53. The van der Waals surface area contributed by atoms with Gasteiger partial charge in [0.05, 0.1) is 0 Å². The maximum Gasteiger partial charge on any atom is 0.410 e. The SMILES string of the molecule is CC(I)C(=O)OC(C)(C)C1CCN(C(=O)OC(C)(C)C)CC1. The standard InChI is InChI=1S/C16H28INO4/c1-11(17)13(19)21-16(5,6)12-7-9-18(10-8-12)14(20)22-15(2,3)4/h11-12H,7-10H2,1-6H3. The summed E-state index contributed by atoms with van der Waals surface area (Å²) in [5.74, 6) is 0.0745. The number of halogens is 1. The summed E-state index contributed by atoms with van der Waals surface area (Å²) in [6.45, 7) is 12.6. The average Bonchev–Trinajstić information content (AvgIpc) is 2.36. The number of piperidine rings is 1. The van der Waals surface area contributed by atoms with Gasteiger partial charge >= 0.3 is 12.1 Å². The molecule has 0 N–H and O–H groups in total. The van der Waals surface area contributed by atoms with Crippen molar-refractivity contribution in [3.63, 3.8) is 0 Å². The fourth-order valence-corrected chi connectivity index (χ4v) is 2.63. The Labute approximate surface area is 147 Å². The highest BCUT2D eigenvalue weighted by atomic mass is 127. The van der Waals surface area contributed by atoms with Crippen LogP contribution in [0.3, 0.4) is 0 Å². The lowest BCUT2D eigenvalue weighted by Gasteiger charge is -2.40. The van der Waals surface area contributed by atoms with E-state index in [4.69, 9.17) is 9.47 Å². The summed E-state index contributed by atoms with van der Waals surface area (Å²) >= 11 is 2.06. The lowest BCUT2D eigenvalue weighted by molar-refractivity contribution is -0.162. The van der Waals surface area contributed by atoms with E-state index in [1.54, 1.807) is 4.90 Å². The van der Waals surface area contributed by atoms with Crippen molar-refractivity contribution < 1.29 is 19.1 Å². The van der Waals surface area contributed by atoms with Crippen molar-refractivity contribution in [2.45, 2.75) is 69.5 Å². The molecule has 0 aliphatic carbocycles. The van der Waals surface area contributed by atoms with Crippen LogP contribution in [-0.2, 0) is 14.3 Å². The molecule has 1 aliphatic rings. The second-order valence-electron chi connectivity index (χ2n) is 7.38. The lowest BCUT2D eigenvalue weighted by atomic mass is 9.83. The van der Waals surface area contributed by atoms with E-state index in [-0.39, 0.29) is 21.9 Å². The van der Waals surface area contributed by atoms with Gasteiger partial charge in [-0.2, -0.15) is 0 Å². The molecule has 1 atom stereocenters. The molecule has 0 bridgehead atoms. The number of likely N-dealkylation sites (tertiary alicyclic amines) is 1. The first-order valence-corrected chi connectivity index (χ1v) is 9.02. The molecule has 1 saturated heterocycles. The van der Waals surface area contributed by atoms with E-state index in [9.17, 15) is 9.59 Å². The highest BCUT2D eigenvalue weighted by Gasteiger charge is 2.37. The van der Waals surface area contributed by atoms with Gasteiger partial charge in [-0.15, -0.1) is 0 Å². The summed E-state index contributed by atoms with van der Waals surface area (Å²) in [5, 5.41) is 0. The zero-order valence-corrected chi connectivity index (χ0v) is 16.6. The maximum atomic E-state index is 12.1. The number of rotatable bonds is 3. The van der Waals surface area contributed by atoms with Gasteiger partial charge in [-0.25, -0.2) is 4.79 Å². The molecule has 1 unspecified atom stereocenters. The number of hydrogen-bond acceptors (Lipinski definition) is 4. The quantitative estimate of drug-likeness (QED) is 0.393. The van der Waals surface area contributed by atoms with Crippen LogP contribution in [0.25, 0.3) is 0 Å². The first-order chi connectivity index (χ1) is 9.92. The Morgan fingerprint density at radius 3 is 2.00 bits per heavy atom. The van der Waals surface area contributed by atoms with Crippen molar-refractivity contribution in [3.05, 3.63) is 0 Å². The zero-order valence-electron chi connectivity index (χ0n) is 14.4. The summed E-state index contributed by atoms with van der Waals surface area (Å²) in [6, 6.07) is 0. The number of ether oxygens (including phenoxy) is 2. The van der Waals surface area contributed by atoms with Crippen LogP contribution >= 0.6 is 22.6 Å². The molecule has 1 amide bonds. The van der Waals surface area contributed by atoms with Crippen LogP contribution in [0.1, 0.15) is 54.4 Å². The molecule has 0 aromatic heterocycles. The number of hydrogen-bond donors (Lipinski definition) is 0. The van der Waals surface area contributed by atoms with Crippen molar-refractivity contribution in [2.75, 3.05) is 13.1 Å². The molecule has 0 aromatic carbocycles. The summed E-state index contributed by atoms with van der Waals surface area (Å²) < 4.78 is 10.9. The number of amides is 1. The van der Waals surface area contributed by atoms with E-state index in [2.05, 4.69) is 22.6 Å². The van der Waals surface area contributed by atoms with Gasteiger partial charge in [0.1, 0.15) is 15.1 Å². The molecule has 5 nitrogen and oxygen atoms in total. The summed E-state index contributed by atoms with van der Waals surface area (Å²) in [6.07, 6.45) is 1.37. The highest BCUT2D eigenvalue weighted by Crippen LogP contribution is 2.32. The van der Waals surface area contributed by atoms with Gasteiger partial charge < -0.3 is 14.4 Å². The number of alkyl halides is 1. The van der Waals surface area contributed by atoms with Crippen LogP contribution in [0, 0.1) is 5.92 Å². The molecule has 22 heavy (non-hydrogen) atoms. The molecular formula is C16H28INO4. The monoisotopic (exact) mass is 425 g/mol. The van der Waals surface area contributed by atoms with Gasteiger partial charge in [-0.1, -0.05) is 22.6 Å². The molecule has 1 aliphatic heterocycles. The Morgan fingerprint density at radius 2 is 1.59 bits per heavy atom. The molecule has 128 valence electrons. The Balaban J connectivity index is 2.54. The van der Waals surface area contributed by atoms with Crippen LogP contribution in [0.2, 0.25) is 0 Å². The van der Waals surface area contributed by atoms with Gasteiger partial charge in [-0.05, 0) is 54.4 Å². The number of nitrogens with zero attached hydrogens (tertiary/aromatic N) is 1. The number of carbonyl (C=O) groups excluding carboxylic acids is 2. The van der Waals surface area contributed by atoms with Crippen LogP contribution < -0.4 is 0 Å². The Morgan fingerprint density at radius 1 is 1.09 bits per heavy atom. The molecule has 0 aromatic rings. The lowest BCUT2D eigenvalue weighted by Crippen LogP contribution is -2.47. The van der Waals surface area contributed by atoms with E-state index in [0.717, 1.165) is 12.8 Å². The maximum absolute atomic E-state index is 12.1. The van der Waals surface area contributed by atoms with Gasteiger partial charge in [0.2, 0.25) is 0 Å². The minimum Gasteiger partial charge on any atom is -0.459 e. The molecule has 0 radical (unpaired) electrons. The van der Waals surface area contributed by atoms with E-state index in [0.29, 0.717) is 13.1 Å². The average molecular weight is 425 g/mol. The van der Waals surface area contributed by atoms with Crippen LogP contribution in [-0.4, -0.2) is 45.2 Å². The topological polar surface area (TPSA) is 55.8 Å². The summed E-state index contributed by atoms with van der Waals surface area (Å²) in [4.78, 5) is 25.6. The zero-order chi connectivity index (χ0) is 17.1. The second kappa shape index (κ2) is 7.36. The van der Waals surface area contributed by atoms with Crippen LogP contribution in [0.4, 0.5) is 4.79 Å². The van der Waals surface area contributed by atoms with E-state index in [1.807, 2.05) is 41.5 Å². The van der Waals surface area contributed by atoms with Gasteiger partial charge in [0.15, 0.2) is 0 Å². The van der Waals surface area contributed by atoms with Gasteiger partial charge in [0.25, 0.3) is 0 Å². The summed E-state index contributed by atoms with van der Waals surface area (Å²) in [5.41, 5.74) is -0.976. The molecule has 0 spiro atoms. The van der Waals surface area contributed by atoms with E-state index >= 15 is 0 Å². The van der Waals surface area contributed by atoms with Crippen molar-refractivity contribution in [3.8, 4) is 0 Å². The molecule has 1 heterocycles. The third-order valence-corrected chi connectivity index (χ3v) is 4.33. The normalized spacial score (nSPS) is 18.8. The molecule has 1 rings (SSSR count). The minimum atomic E-state index is -0.503. The van der Waals surface area contributed by atoms with Crippen molar-refractivity contribution >= 4 is 34.7 Å². The van der Waals surface area contributed by atoms with E-state index in [1.165, 1.54) is 0 Å². The van der Waals surface area contributed by atoms with Crippen molar-refractivity contribution in [1.82, 2.24) is 4.90 Å². The fourth-order valence-electron chi connectivity index (χ4n) is 2.51. The minimum absolute atomic E-state index is 0.154. The Bertz CT molecular complexity index is 407. The van der Waals surface area contributed by atoms with Gasteiger partial charge in [-0.3, -0.25) is 4.79 Å². The molecule has 0 saturated carbocycles. The molecular weight excluding hydrogens is 397 g/mol. The number of carbonyl (C=O) groups is 2. The third-order valence-electron chi connectivity index (χ3n) is 3.82. The van der Waals surface area contributed by atoms with E-state index < -0.39 is 11.2 Å². The predicted molar refractivity (Wildman–Crippen MR) is 94.2 cm³/mol. The van der Waals surface area contributed by atoms with Crippen molar-refractivity contribution in [2.24, 2.45) is 5.92 Å². The second-order valence-corrected chi connectivity index (χ2v) is 9.25. The van der Waals surface area contributed by atoms with Crippen LogP contribution in [0.5, 0.6) is 0 Å². The Hall–Kier alpha value is -0.530.